The molecule has 4 nitrogen and oxygen atoms in total. The van der Waals surface area contributed by atoms with Gasteiger partial charge in [0.1, 0.15) is 12.7 Å². The Kier molecular flexibility index (Phi) is 3.03. The summed E-state index contributed by atoms with van der Waals surface area (Å²) in [4.78, 5) is 4.33. The number of hydrogen-bond acceptors (Lipinski definition) is 2. The Morgan fingerprint density at radius 3 is 3.00 bits per heavy atom. The largest absolute Gasteiger partial charge is 1.00 e. The number of aliphatic imine (C=N–C) groups is 1. The van der Waals surface area contributed by atoms with Gasteiger partial charge in [-0.15, -0.1) is 9.67 Å². The molecule has 0 fully saturated rings. The molecule has 0 bridgehead atoms. The Hall–Kier alpha value is -1.26. The molecule has 0 atom stereocenters. The van der Waals surface area contributed by atoms with E-state index in [1.165, 1.54) is 0 Å². The topological polar surface area (TPSA) is 44.1 Å². The van der Waals surface area contributed by atoms with Crippen molar-refractivity contribution in [2.24, 2.45) is 4.99 Å². The van der Waals surface area contributed by atoms with Gasteiger partial charge >= 0.3 is 5.96 Å². The molecule has 3 rings (SSSR count). The minimum Gasteiger partial charge on any atom is -1.00 e. The van der Waals surface area contributed by atoms with Crippen LogP contribution in [0.15, 0.2) is 29.4 Å². The average Bonchev–Trinajstić information content (AvgIpc) is 2.84. The molecule has 0 spiro atoms. The Bertz CT molecular complexity index is 547. The zero-order valence-electron chi connectivity index (χ0n) is 8.37. The second-order valence-electron chi connectivity index (χ2n) is 3.47. The molecule has 1 aliphatic rings. The lowest BCUT2D eigenvalue weighted by Crippen LogP contribution is -3.00. The van der Waals surface area contributed by atoms with Gasteiger partial charge in [-0.2, -0.15) is 0 Å². The highest BCUT2D eigenvalue weighted by Gasteiger charge is 2.18. The Morgan fingerprint density at radius 2 is 2.25 bits per heavy atom. The molecule has 1 aliphatic heterocycles. The van der Waals surface area contributed by atoms with Crippen LogP contribution in [0.2, 0.25) is 5.02 Å². The predicted molar refractivity (Wildman–Crippen MR) is 59.2 cm³/mol. The van der Waals surface area contributed by atoms with E-state index in [9.17, 15) is 0 Å². The number of aromatic nitrogens is 2. The fourth-order valence-corrected chi connectivity index (χ4v) is 1.88. The Morgan fingerprint density at radius 1 is 1.38 bits per heavy atom. The monoisotopic (exact) mass is 256 g/mol. The van der Waals surface area contributed by atoms with Gasteiger partial charge in [0.25, 0.3) is 0 Å². The maximum absolute atomic E-state index is 5.92. The Labute approximate surface area is 104 Å². The van der Waals surface area contributed by atoms with Gasteiger partial charge in [-0.1, -0.05) is 11.6 Å². The molecule has 0 aliphatic carbocycles. The summed E-state index contributed by atoms with van der Waals surface area (Å²) in [5.41, 5.74) is 1.05. The minimum atomic E-state index is 0. The second-order valence-corrected chi connectivity index (χ2v) is 3.91. The van der Waals surface area contributed by atoms with E-state index in [-0.39, 0.29) is 12.4 Å². The zero-order chi connectivity index (χ0) is 10.3. The molecule has 2 aromatic rings. The third kappa shape index (κ3) is 1.86. The maximum atomic E-state index is 5.92. The van der Waals surface area contributed by atoms with Gasteiger partial charge in [-0.05, 0) is 18.2 Å². The summed E-state index contributed by atoms with van der Waals surface area (Å²) >= 11 is 5.92. The number of halogens is 2. The lowest BCUT2D eigenvalue weighted by atomic mass is 10.3. The number of nitrogens with one attached hydrogen (secondary N) is 2. The summed E-state index contributed by atoms with van der Waals surface area (Å²) in [5, 5.41) is 8.25. The van der Waals surface area contributed by atoms with Crippen molar-refractivity contribution in [2.75, 3.05) is 13.1 Å². The molecule has 1 aromatic heterocycles. The van der Waals surface area contributed by atoms with Crippen LogP contribution >= 0.6 is 11.6 Å². The average molecular weight is 257 g/mol. The van der Waals surface area contributed by atoms with Gasteiger partial charge in [0.15, 0.2) is 0 Å². The van der Waals surface area contributed by atoms with Gasteiger partial charge in [0, 0.05) is 10.4 Å². The van der Waals surface area contributed by atoms with E-state index in [1.54, 1.807) is 0 Å². The summed E-state index contributed by atoms with van der Waals surface area (Å²) in [5.74, 6) is 0.863. The van der Waals surface area contributed by atoms with Crippen molar-refractivity contribution in [3.05, 3.63) is 29.4 Å². The van der Waals surface area contributed by atoms with Crippen LogP contribution in [0.5, 0.6) is 0 Å². The number of rotatable bonds is 0. The van der Waals surface area contributed by atoms with E-state index < -0.39 is 0 Å². The third-order valence-corrected chi connectivity index (χ3v) is 2.64. The number of nitrogens with zero attached hydrogens (tertiary/aromatic N) is 2. The van der Waals surface area contributed by atoms with Gasteiger partial charge in [0.05, 0.1) is 12.1 Å². The molecule has 0 saturated carbocycles. The minimum absolute atomic E-state index is 0. The number of hydrogen-bond donors (Lipinski definition) is 2. The van der Waals surface area contributed by atoms with E-state index in [4.69, 9.17) is 11.6 Å². The van der Waals surface area contributed by atoms with Crippen molar-refractivity contribution in [3.8, 4) is 0 Å². The molecule has 0 radical (unpaired) electrons. The molecule has 2 N–H and O–H groups in total. The molecule has 1 aromatic carbocycles. The summed E-state index contributed by atoms with van der Waals surface area (Å²) in [6, 6.07) is 5.76. The molecular formula is C10H10Cl2N4. The molecule has 0 amide bonds. The molecular weight excluding hydrogens is 247 g/mol. The lowest BCUT2D eigenvalue weighted by molar-refractivity contribution is -0.618. The standard InChI is InChI=1S/C10H9ClN4.ClH/c11-8-1-2-9-7(5-8)6-15(14-9)10-12-3-4-13-10;/h1-2,5-6H,3-4H2,(H,12,13);1H. The van der Waals surface area contributed by atoms with Crippen LogP contribution in [-0.2, 0) is 0 Å². The van der Waals surface area contributed by atoms with Crippen LogP contribution in [0.3, 0.4) is 0 Å². The first kappa shape index (κ1) is 11.2. The van der Waals surface area contributed by atoms with Crippen LogP contribution in [-0.4, -0.2) is 24.1 Å². The smallest absolute Gasteiger partial charge is 0.408 e. The van der Waals surface area contributed by atoms with E-state index in [0.717, 1.165) is 35.0 Å². The first-order valence-corrected chi connectivity index (χ1v) is 5.19. The normalized spacial score (nSPS) is 14.4. The Balaban J connectivity index is 0.000000963. The fraction of sp³-hybridized carbons (Fsp3) is 0.200. The first-order chi connectivity index (χ1) is 7.33. The summed E-state index contributed by atoms with van der Waals surface area (Å²) in [7, 11) is 0. The zero-order valence-corrected chi connectivity index (χ0v) is 9.89. The van der Waals surface area contributed by atoms with Gasteiger partial charge in [-0.25, -0.2) is 5.10 Å². The fourth-order valence-electron chi connectivity index (χ4n) is 1.70. The number of benzene rings is 1. The number of fused-ring (bicyclic) bond motifs is 1. The molecule has 2 heterocycles. The summed E-state index contributed by atoms with van der Waals surface area (Å²) in [6.07, 6.45) is 1.98. The molecule has 84 valence electrons. The summed E-state index contributed by atoms with van der Waals surface area (Å²) in [6.45, 7) is 1.73. The van der Waals surface area contributed by atoms with Crippen molar-refractivity contribution in [2.45, 2.75) is 0 Å². The third-order valence-electron chi connectivity index (χ3n) is 2.41. The van der Waals surface area contributed by atoms with Crippen molar-refractivity contribution >= 4 is 28.5 Å². The van der Waals surface area contributed by atoms with Crippen LogP contribution in [0.25, 0.3) is 10.9 Å². The molecule has 16 heavy (non-hydrogen) atoms. The van der Waals surface area contributed by atoms with Crippen LogP contribution in [0.1, 0.15) is 0 Å². The quantitative estimate of drug-likeness (QED) is 0.523. The van der Waals surface area contributed by atoms with E-state index in [2.05, 4.69) is 15.4 Å². The lowest BCUT2D eigenvalue weighted by Gasteiger charge is -1.90. The second kappa shape index (κ2) is 4.31. The predicted octanol–water partition coefficient (Wildman–Crippen LogP) is -2.08. The molecule has 0 unspecified atom stereocenters. The first-order valence-electron chi connectivity index (χ1n) is 4.81. The van der Waals surface area contributed by atoms with E-state index in [1.807, 2.05) is 29.1 Å². The molecule has 0 saturated heterocycles. The van der Waals surface area contributed by atoms with Crippen molar-refractivity contribution in [1.82, 2.24) is 10.4 Å². The maximum Gasteiger partial charge on any atom is 0.408 e. The van der Waals surface area contributed by atoms with Gasteiger partial charge < -0.3 is 12.4 Å². The highest BCUT2D eigenvalue weighted by molar-refractivity contribution is 6.31. The highest BCUT2D eigenvalue weighted by Crippen LogP contribution is 2.15. The van der Waals surface area contributed by atoms with Crippen molar-refractivity contribution in [1.29, 1.82) is 0 Å². The van der Waals surface area contributed by atoms with E-state index in [0.29, 0.717) is 0 Å². The van der Waals surface area contributed by atoms with Crippen LogP contribution in [0, 0.1) is 0 Å². The van der Waals surface area contributed by atoms with E-state index >= 15 is 0 Å². The van der Waals surface area contributed by atoms with Crippen LogP contribution < -0.4 is 22.4 Å². The SMILES string of the molecule is Clc1ccc2[nH][n+](C3=NCCN3)cc2c1.[Cl-]. The van der Waals surface area contributed by atoms with Crippen molar-refractivity contribution in [3.63, 3.8) is 0 Å². The van der Waals surface area contributed by atoms with Gasteiger partial charge in [0.2, 0.25) is 0 Å². The van der Waals surface area contributed by atoms with Crippen molar-refractivity contribution < 1.29 is 17.1 Å². The highest BCUT2D eigenvalue weighted by atomic mass is 35.5. The van der Waals surface area contributed by atoms with Gasteiger partial charge in [-0.3, -0.25) is 5.32 Å². The number of H-pyrrole nitrogens is 1. The summed E-state index contributed by atoms with van der Waals surface area (Å²) < 4.78 is 1.88. The number of aromatic amines is 1. The molecule has 6 heteroatoms. The van der Waals surface area contributed by atoms with Crippen LogP contribution in [0.4, 0.5) is 0 Å².